The van der Waals surface area contributed by atoms with Gasteiger partial charge in [-0.2, -0.15) is 0 Å². The Labute approximate surface area is 115 Å². The maximum absolute atomic E-state index is 11.7. The second kappa shape index (κ2) is 6.33. The Kier molecular flexibility index (Phi) is 4.28. The van der Waals surface area contributed by atoms with Crippen molar-refractivity contribution in [2.45, 2.75) is 0 Å². The van der Waals surface area contributed by atoms with Crippen molar-refractivity contribution in [2.24, 2.45) is 0 Å². The number of pyridine rings is 1. The lowest BCUT2D eigenvalue weighted by atomic mass is 10.2. The van der Waals surface area contributed by atoms with E-state index < -0.39 is 11.9 Å². The van der Waals surface area contributed by atoms with Crippen LogP contribution in [0.3, 0.4) is 0 Å². The van der Waals surface area contributed by atoms with Gasteiger partial charge in [0.1, 0.15) is 5.75 Å². The van der Waals surface area contributed by atoms with Crippen molar-refractivity contribution in [1.29, 1.82) is 0 Å². The molecule has 0 saturated carbocycles. The molecule has 2 N–H and O–H groups in total. The molecule has 1 amide bonds. The fourth-order valence-corrected chi connectivity index (χ4v) is 1.53. The number of rotatable bonds is 5. The number of carboxylic acids is 1. The van der Waals surface area contributed by atoms with E-state index in [9.17, 15) is 9.59 Å². The first-order chi connectivity index (χ1) is 9.66. The molecule has 2 rings (SSSR count). The second-order valence-electron chi connectivity index (χ2n) is 3.88. The van der Waals surface area contributed by atoms with Gasteiger partial charge in [-0.15, -0.1) is 0 Å². The maximum Gasteiger partial charge on any atom is 0.337 e. The van der Waals surface area contributed by atoms with E-state index >= 15 is 0 Å². The molecule has 1 aromatic heterocycles. The number of carbonyl (C=O) groups is 2. The number of para-hydroxylation sites is 1. The van der Waals surface area contributed by atoms with Crippen molar-refractivity contribution in [3.63, 3.8) is 0 Å². The average molecular weight is 272 g/mol. The molecule has 0 unspecified atom stereocenters. The normalized spacial score (nSPS) is 9.80. The first-order valence-corrected chi connectivity index (χ1v) is 5.82. The van der Waals surface area contributed by atoms with Gasteiger partial charge in [-0.3, -0.25) is 9.78 Å². The van der Waals surface area contributed by atoms with Crippen LogP contribution in [0.15, 0.2) is 48.8 Å². The first-order valence-electron chi connectivity index (χ1n) is 5.82. The molecule has 2 aromatic rings. The van der Waals surface area contributed by atoms with Crippen LogP contribution in [0.1, 0.15) is 10.4 Å². The van der Waals surface area contributed by atoms with E-state index in [1.165, 1.54) is 18.5 Å². The van der Waals surface area contributed by atoms with Crippen LogP contribution in [0.25, 0.3) is 0 Å². The summed E-state index contributed by atoms with van der Waals surface area (Å²) in [5.41, 5.74) is 0.120. The van der Waals surface area contributed by atoms with Gasteiger partial charge in [0.05, 0.1) is 17.4 Å². The number of hydrogen-bond donors (Lipinski definition) is 2. The first kappa shape index (κ1) is 13.5. The molecule has 0 aliphatic carbocycles. The Hall–Kier alpha value is -2.89. The van der Waals surface area contributed by atoms with E-state index in [1.54, 1.807) is 24.3 Å². The number of amides is 1. The van der Waals surface area contributed by atoms with Crippen LogP contribution in [-0.2, 0) is 4.79 Å². The fraction of sp³-hybridized carbons (Fsp3) is 0.0714. The van der Waals surface area contributed by atoms with Gasteiger partial charge in [-0.05, 0) is 18.2 Å². The van der Waals surface area contributed by atoms with Crippen molar-refractivity contribution in [3.05, 3.63) is 54.4 Å². The van der Waals surface area contributed by atoms with Crippen LogP contribution in [-0.4, -0.2) is 28.6 Å². The molecule has 0 radical (unpaired) electrons. The number of carbonyl (C=O) groups excluding carboxylic acids is 1. The topological polar surface area (TPSA) is 88.5 Å². The smallest absolute Gasteiger partial charge is 0.337 e. The van der Waals surface area contributed by atoms with Crippen LogP contribution in [0.2, 0.25) is 0 Å². The number of hydrogen-bond acceptors (Lipinski definition) is 4. The van der Waals surface area contributed by atoms with Crippen molar-refractivity contribution >= 4 is 17.6 Å². The molecule has 0 spiro atoms. The third-order valence-electron chi connectivity index (χ3n) is 2.44. The third kappa shape index (κ3) is 3.55. The molecular formula is C14H12N2O4. The molecule has 20 heavy (non-hydrogen) atoms. The largest absolute Gasteiger partial charge is 0.484 e. The molecule has 0 aliphatic heterocycles. The highest BCUT2D eigenvalue weighted by molar-refractivity contribution is 6.00. The van der Waals surface area contributed by atoms with Gasteiger partial charge in [0.15, 0.2) is 6.61 Å². The van der Waals surface area contributed by atoms with Gasteiger partial charge >= 0.3 is 5.97 Å². The molecule has 6 heteroatoms. The molecule has 1 heterocycles. The number of aromatic nitrogens is 1. The van der Waals surface area contributed by atoms with Gasteiger partial charge in [-0.1, -0.05) is 18.2 Å². The molecule has 0 saturated heterocycles. The highest BCUT2D eigenvalue weighted by Gasteiger charge is 2.12. The summed E-state index contributed by atoms with van der Waals surface area (Å²) in [4.78, 5) is 26.5. The zero-order chi connectivity index (χ0) is 14.4. The van der Waals surface area contributed by atoms with Crippen molar-refractivity contribution in [3.8, 4) is 5.75 Å². The number of nitrogens with one attached hydrogen (secondary N) is 1. The molecule has 0 fully saturated rings. The average Bonchev–Trinajstić information content (AvgIpc) is 2.46. The lowest BCUT2D eigenvalue weighted by Gasteiger charge is -2.08. The fourth-order valence-electron chi connectivity index (χ4n) is 1.53. The number of carboxylic acid groups (broad SMARTS) is 1. The summed E-state index contributed by atoms with van der Waals surface area (Å²) in [5, 5.41) is 11.4. The van der Waals surface area contributed by atoms with Gasteiger partial charge < -0.3 is 15.2 Å². The van der Waals surface area contributed by atoms with E-state index in [-0.39, 0.29) is 17.9 Å². The lowest BCUT2D eigenvalue weighted by molar-refractivity contribution is -0.118. The maximum atomic E-state index is 11.7. The van der Waals surface area contributed by atoms with Crippen LogP contribution < -0.4 is 10.1 Å². The summed E-state index contributed by atoms with van der Waals surface area (Å²) in [7, 11) is 0. The summed E-state index contributed by atoms with van der Waals surface area (Å²) in [6.07, 6.45) is 2.63. The molecule has 102 valence electrons. The van der Waals surface area contributed by atoms with Gasteiger partial charge in [0.25, 0.3) is 5.91 Å². The minimum Gasteiger partial charge on any atom is -0.484 e. The zero-order valence-corrected chi connectivity index (χ0v) is 10.4. The Morgan fingerprint density at radius 3 is 2.65 bits per heavy atom. The van der Waals surface area contributed by atoms with E-state index in [0.29, 0.717) is 5.75 Å². The highest BCUT2D eigenvalue weighted by atomic mass is 16.5. The van der Waals surface area contributed by atoms with Gasteiger partial charge in [0, 0.05) is 6.20 Å². The Morgan fingerprint density at radius 1 is 1.20 bits per heavy atom. The van der Waals surface area contributed by atoms with Crippen LogP contribution >= 0.6 is 0 Å². The Morgan fingerprint density at radius 2 is 1.95 bits per heavy atom. The van der Waals surface area contributed by atoms with E-state index in [1.807, 2.05) is 6.07 Å². The molecule has 0 bridgehead atoms. The monoisotopic (exact) mass is 272 g/mol. The summed E-state index contributed by atoms with van der Waals surface area (Å²) < 4.78 is 5.26. The Bertz CT molecular complexity index is 614. The number of aromatic carboxylic acids is 1. The molecule has 0 atom stereocenters. The van der Waals surface area contributed by atoms with Gasteiger partial charge in [0.2, 0.25) is 0 Å². The van der Waals surface area contributed by atoms with Crippen molar-refractivity contribution < 1.29 is 19.4 Å². The quantitative estimate of drug-likeness (QED) is 0.866. The highest BCUT2D eigenvalue weighted by Crippen LogP contribution is 2.13. The molecule has 0 aliphatic rings. The summed E-state index contributed by atoms with van der Waals surface area (Å²) in [5.74, 6) is -1.02. The number of benzene rings is 1. The SMILES string of the molecule is O=C(COc1ccccc1)Nc1cnccc1C(=O)O. The predicted octanol–water partition coefficient (Wildman–Crippen LogP) is 1.80. The number of nitrogens with zero attached hydrogens (tertiary/aromatic N) is 1. The standard InChI is InChI=1S/C14H12N2O4/c17-13(9-20-10-4-2-1-3-5-10)16-12-8-15-7-6-11(12)14(18)19/h1-8H,9H2,(H,16,17)(H,18,19). The second-order valence-corrected chi connectivity index (χ2v) is 3.88. The third-order valence-corrected chi connectivity index (χ3v) is 2.44. The summed E-state index contributed by atoms with van der Waals surface area (Å²) in [6, 6.07) is 10.2. The van der Waals surface area contributed by atoms with Crippen molar-refractivity contribution in [2.75, 3.05) is 11.9 Å². The zero-order valence-electron chi connectivity index (χ0n) is 10.4. The van der Waals surface area contributed by atoms with E-state index in [0.717, 1.165) is 0 Å². The number of ether oxygens (including phenoxy) is 1. The summed E-state index contributed by atoms with van der Waals surface area (Å²) in [6.45, 7) is -0.210. The summed E-state index contributed by atoms with van der Waals surface area (Å²) >= 11 is 0. The van der Waals surface area contributed by atoms with Crippen LogP contribution in [0.5, 0.6) is 5.75 Å². The molecular weight excluding hydrogens is 260 g/mol. The molecule has 6 nitrogen and oxygen atoms in total. The van der Waals surface area contributed by atoms with Crippen LogP contribution in [0, 0.1) is 0 Å². The minimum atomic E-state index is -1.13. The van der Waals surface area contributed by atoms with E-state index in [2.05, 4.69) is 10.3 Å². The number of anilines is 1. The Balaban J connectivity index is 1.97. The molecule has 1 aromatic carbocycles. The van der Waals surface area contributed by atoms with E-state index in [4.69, 9.17) is 9.84 Å². The lowest BCUT2D eigenvalue weighted by Crippen LogP contribution is -2.21. The van der Waals surface area contributed by atoms with Gasteiger partial charge in [-0.25, -0.2) is 4.79 Å². The predicted molar refractivity (Wildman–Crippen MR) is 71.8 cm³/mol. The minimum absolute atomic E-state index is 0.0203. The van der Waals surface area contributed by atoms with Crippen molar-refractivity contribution in [1.82, 2.24) is 4.98 Å². The van der Waals surface area contributed by atoms with Crippen LogP contribution in [0.4, 0.5) is 5.69 Å².